The van der Waals surface area contributed by atoms with E-state index in [9.17, 15) is 8.78 Å². The van der Waals surface area contributed by atoms with Crippen LogP contribution < -0.4 is 5.32 Å². The lowest BCUT2D eigenvalue weighted by atomic mass is 9.95. The third-order valence-electron chi connectivity index (χ3n) is 3.55. The largest absolute Gasteiger partial charge is 0.385 e. The van der Waals surface area contributed by atoms with Gasteiger partial charge in [0.25, 0.3) is 0 Å². The monoisotopic (exact) mass is 259 g/mol. The van der Waals surface area contributed by atoms with Crippen molar-refractivity contribution in [1.82, 2.24) is 0 Å². The quantitative estimate of drug-likeness (QED) is 0.862. The van der Waals surface area contributed by atoms with Gasteiger partial charge in [0.2, 0.25) is 0 Å². The Morgan fingerprint density at radius 3 is 2.84 bits per heavy atom. The molecule has 1 heterocycles. The van der Waals surface area contributed by atoms with Crippen LogP contribution in [0, 0.1) is 11.6 Å². The number of hydrogen-bond acceptors (Lipinski definition) is 1. The lowest BCUT2D eigenvalue weighted by molar-refractivity contribution is 0.588. The molecular weight excluding hydrogens is 244 g/mol. The molecule has 0 fully saturated rings. The van der Waals surface area contributed by atoms with Crippen molar-refractivity contribution < 1.29 is 8.78 Å². The predicted octanol–water partition coefficient (Wildman–Crippen LogP) is 3.91. The first-order chi connectivity index (χ1) is 9.24. The molecule has 1 aliphatic heterocycles. The number of nitrogens with one attached hydrogen (secondary N) is 1. The topological polar surface area (TPSA) is 12.0 Å². The van der Waals surface area contributed by atoms with Crippen LogP contribution in [-0.2, 0) is 12.8 Å². The molecule has 0 aromatic heterocycles. The highest BCUT2D eigenvalue weighted by molar-refractivity contribution is 5.60. The molecule has 3 heteroatoms. The number of fused-ring (bicyclic) bond motifs is 1. The van der Waals surface area contributed by atoms with Gasteiger partial charge in [-0.15, -0.1) is 0 Å². The lowest BCUT2D eigenvalue weighted by Crippen LogP contribution is -2.14. The molecule has 0 bridgehead atoms. The van der Waals surface area contributed by atoms with E-state index in [0.717, 1.165) is 36.7 Å². The fraction of sp³-hybridized carbons (Fsp3) is 0.250. The Bertz CT molecular complexity index is 608. The van der Waals surface area contributed by atoms with Crippen molar-refractivity contribution in [2.45, 2.75) is 19.3 Å². The van der Waals surface area contributed by atoms with Crippen LogP contribution in [-0.4, -0.2) is 6.54 Å². The molecule has 98 valence electrons. The van der Waals surface area contributed by atoms with E-state index < -0.39 is 5.82 Å². The fourth-order valence-electron chi connectivity index (χ4n) is 2.61. The Kier molecular flexibility index (Phi) is 3.20. The summed E-state index contributed by atoms with van der Waals surface area (Å²) < 4.78 is 26.9. The highest BCUT2D eigenvalue weighted by Gasteiger charge is 2.14. The highest BCUT2D eigenvalue weighted by atomic mass is 19.1. The third kappa shape index (κ3) is 2.46. The summed E-state index contributed by atoms with van der Waals surface area (Å²) in [4.78, 5) is 0. The van der Waals surface area contributed by atoms with E-state index in [4.69, 9.17) is 0 Å². The molecule has 0 radical (unpaired) electrons. The van der Waals surface area contributed by atoms with Gasteiger partial charge >= 0.3 is 0 Å². The van der Waals surface area contributed by atoms with Crippen molar-refractivity contribution >= 4 is 5.69 Å². The van der Waals surface area contributed by atoms with Crippen LogP contribution in [0.5, 0.6) is 0 Å². The van der Waals surface area contributed by atoms with Crippen LogP contribution in [0.2, 0.25) is 0 Å². The van der Waals surface area contributed by atoms with Gasteiger partial charge < -0.3 is 5.32 Å². The zero-order valence-electron chi connectivity index (χ0n) is 10.5. The Morgan fingerprint density at radius 1 is 1.05 bits per heavy atom. The van der Waals surface area contributed by atoms with Crippen LogP contribution in [0.4, 0.5) is 14.5 Å². The van der Waals surface area contributed by atoms with Crippen LogP contribution >= 0.6 is 0 Å². The van der Waals surface area contributed by atoms with Gasteiger partial charge in [0.15, 0.2) is 0 Å². The van der Waals surface area contributed by atoms with Gasteiger partial charge in [-0.05, 0) is 47.7 Å². The Balaban J connectivity index is 1.97. The smallest absolute Gasteiger partial charge is 0.126 e. The molecule has 0 amide bonds. The SMILES string of the molecule is Fc1ccc(F)c(Cc2cccc3c2NCCC3)c1. The summed E-state index contributed by atoms with van der Waals surface area (Å²) in [6.45, 7) is 0.940. The van der Waals surface area contributed by atoms with Gasteiger partial charge in [-0.3, -0.25) is 0 Å². The molecule has 0 unspecified atom stereocenters. The van der Waals surface area contributed by atoms with Crippen molar-refractivity contribution in [3.63, 3.8) is 0 Å². The first-order valence-electron chi connectivity index (χ1n) is 6.52. The van der Waals surface area contributed by atoms with Gasteiger partial charge in [-0.25, -0.2) is 8.78 Å². The zero-order chi connectivity index (χ0) is 13.2. The van der Waals surface area contributed by atoms with E-state index in [1.54, 1.807) is 0 Å². The number of hydrogen-bond donors (Lipinski definition) is 1. The van der Waals surface area contributed by atoms with Gasteiger partial charge in [0, 0.05) is 18.7 Å². The first-order valence-corrected chi connectivity index (χ1v) is 6.52. The minimum atomic E-state index is -0.394. The molecule has 0 aliphatic carbocycles. The maximum atomic E-state index is 13.7. The summed E-state index contributed by atoms with van der Waals surface area (Å²) in [6, 6.07) is 9.66. The molecule has 2 aromatic rings. The maximum Gasteiger partial charge on any atom is 0.126 e. The average Bonchev–Trinajstić information content (AvgIpc) is 2.43. The second-order valence-corrected chi connectivity index (χ2v) is 4.89. The van der Waals surface area contributed by atoms with Crippen molar-refractivity contribution in [2.24, 2.45) is 0 Å². The number of halogens is 2. The normalized spacial score (nSPS) is 13.8. The van der Waals surface area contributed by atoms with Gasteiger partial charge in [-0.1, -0.05) is 18.2 Å². The Labute approximate surface area is 111 Å². The molecule has 0 atom stereocenters. The van der Waals surface area contributed by atoms with Crippen LogP contribution in [0.1, 0.15) is 23.1 Å². The zero-order valence-corrected chi connectivity index (χ0v) is 10.5. The van der Waals surface area contributed by atoms with Crippen molar-refractivity contribution in [3.05, 3.63) is 64.7 Å². The molecule has 0 saturated carbocycles. The molecule has 1 aliphatic rings. The van der Waals surface area contributed by atoms with Crippen LogP contribution in [0.25, 0.3) is 0 Å². The molecule has 1 nitrogen and oxygen atoms in total. The number of anilines is 1. The number of aryl methyl sites for hydroxylation is 1. The molecule has 19 heavy (non-hydrogen) atoms. The van der Waals surface area contributed by atoms with E-state index in [2.05, 4.69) is 11.4 Å². The van der Waals surface area contributed by atoms with Gasteiger partial charge in [-0.2, -0.15) is 0 Å². The molecular formula is C16H15F2N. The summed E-state index contributed by atoms with van der Waals surface area (Å²) in [5.74, 6) is -0.746. The minimum Gasteiger partial charge on any atom is -0.385 e. The summed E-state index contributed by atoms with van der Waals surface area (Å²) in [6.07, 6.45) is 2.58. The van der Waals surface area contributed by atoms with Gasteiger partial charge in [0.1, 0.15) is 11.6 Å². The maximum absolute atomic E-state index is 13.7. The molecule has 2 aromatic carbocycles. The minimum absolute atomic E-state index is 0.352. The van der Waals surface area contributed by atoms with Crippen molar-refractivity contribution in [3.8, 4) is 0 Å². The molecule has 3 rings (SSSR count). The average molecular weight is 259 g/mol. The van der Waals surface area contributed by atoms with Crippen molar-refractivity contribution in [1.29, 1.82) is 0 Å². The summed E-state index contributed by atoms with van der Waals surface area (Å²) in [5.41, 5.74) is 3.79. The number of rotatable bonds is 2. The number of para-hydroxylation sites is 1. The fourth-order valence-corrected chi connectivity index (χ4v) is 2.61. The predicted molar refractivity (Wildman–Crippen MR) is 72.4 cm³/mol. The number of benzene rings is 2. The summed E-state index contributed by atoms with van der Waals surface area (Å²) in [7, 11) is 0. The Hall–Kier alpha value is -1.90. The molecule has 1 N–H and O–H groups in total. The van der Waals surface area contributed by atoms with Crippen LogP contribution in [0.3, 0.4) is 0 Å². The van der Waals surface area contributed by atoms with E-state index in [-0.39, 0.29) is 5.82 Å². The van der Waals surface area contributed by atoms with Crippen molar-refractivity contribution in [2.75, 3.05) is 11.9 Å². The third-order valence-corrected chi connectivity index (χ3v) is 3.55. The highest BCUT2D eigenvalue weighted by Crippen LogP contribution is 2.28. The second-order valence-electron chi connectivity index (χ2n) is 4.89. The van der Waals surface area contributed by atoms with E-state index in [0.29, 0.717) is 12.0 Å². The summed E-state index contributed by atoms with van der Waals surface area (Å²) >= 11 is 0. The Morgan fingerprint density at radius 2 is 1.95 bits per heavy atom. The van der Waals surface area contributed by atoms with Gasteiger partial charge in [0.05, 0.1) is 0 Å². The van der Waals surface area contributed by atoms with E-state index in [1.807, 2.05) is 12.1 Å². The van der Waals surface area contributed by atoms with Crippen LogP contribution in [0.15, 0.2) is 36.4 Å². The van der Waals surface area contributed by atoms with E-state index >= 15 is 0 Å². The standard InChI is InChI=1S/C16H15F2N/c17-14-6-7-15(18)13(10-14)9-12-4-1-3-11-5-2-8-19-16(11)12/h1,3-4,6-7,10,19H,2,5,8-9H2. The summed E-state index contributed by atoms with van der Waals surface area (Å²) in [5, 5.41) is 3.37. The molecule has 0 spiro atoms. The second kappa shape index (κ2) is 5.00. The first kappa shape index (κ1) is 12.2. The lowest BCUT2D eigenvalue weighted by Gasteiger charge is -2.21. The molecule has 0 saturated heterocycles. The van der Waals surface area contributed by atoms with E-state index in [1.165, 1.54) is 17.7 Å².